The van der Waals surface area contributed by atoms with E-state index in [0.29, 0.717) is 5.41 Å². The summed E-state index contributed by atoms with van der Waals surface area (Å²) >= 11 is 1.85. The van der Waals surface area contributed by atoms with Gasteiger partial charge in [0.25, 0.3) is 0 Å². The van der Waals surface area contributed by atoms with Crippen LogP contribution in [0, 0.1) is 5.41 Å². The fourth-order valence-corrected chi connectivity index (χ4v) is 4.49. The van der Waals surface area contributed by atoms with Gasteiger partial charge in [0, 0.05) is 4.70 Å². The molecule has 1 aliphatic heterocycles. The third-order valence-electron chi connectivity index (χ3n) is 4.95. The number of benzene rings is 1. The van der Waals surface area contributed by atoms with Crippen LogP contribution < -0.4 is 5.73 Å². The first-order valence-corrected chi connectivity index (χ1v) is 7.44. The quantitative estimate of drug-likeness (QED) is 0.920. The van der Waals surface area contributed by atoms with Crippen LogP contribution in [0.25, 0.3) is 10.1 Å². The molecular formula is C15H17NOS. The van der Waals surface area contributed by atoms with Crippen LogP contribution in [0.3, 0.4) is 0 Å². The summed E-state index contributed by atoms with van der Waals surface area (Å²) in [4.78, 5) is 0. The van der Waals surface area contributed by atoms with Gasteiger partial charge in [-0.1, -0.05) is 18.2 Å². The maximum absolute atomic E-state index is 6.06. The van der Waals surface area contributed by atoms with E-state index in [-0.39, 0.29) is 5.41 Å². The molecule has 3 heteroatoms. The second-order valence-electron chi connectivity index (χ2n) is 5.70. The molecule has 1 aromatic carbocycles. The van der Waals surface area contributed by atoms with Crippen molar-refractivity contribution in [3.63, 3.8) is 0 Å². The van der Waals surface area contributed by atoms with Gasteiger partial charge in [0.05, 0.1) is 18.6 Å². The molecule has 18 heavy (non-hydrogen) atoms. The van der Waals surface area contributed by atoms with Gasteiger partial charge in [0.2, 0.25) is 0 Å². The zero-order valence-corrected chi connectivity index (χ0v) is 11.1. The molecule has 0 spiro atoms. The third-order valence-corrected chi connectivity index (χ3v) is 5.92. The first kappa shape index (κ1) is 11.0. The molecular weight excluding hydrogens is 242 g/mol. The van der Waals surface area contributed by atoms with E-state index in [1.54, 1.807) is 0 Å². The van der Waals surface area contributed by atoms with Gasteiger partial charge >= 0.3 is 0 Å². The number of fused-ring (bicyclic) bond motifs is 1. The Balaban J connectivity index is 1.90. The fraction of sp³-hybridized carbons (Fsp3) is 0.467. The van der Waals surface area contributed by atoms with Crippen molar-refractivity contribution >= 4 is 21.4 Å². The van der Waals surface area contributed by atoms with Gasteiger partial charge in [-0.05, 0) is 47.2 Å². The Bertz CT molecular complexity index is 595. The third kappa shape index (κ3) is 1.20. The van der Waals surface area contributed by atoms with Gasteiger partial charge in [-0.2, -0.15) is 0 Å². The average molecular weight is 259 g/mol. The van der Waals surface area contributed by atoms with Crippen molar-refractivity contribution in [2.24, 2.45) is 11.1 Å². The molecule has 0 unspecified atom stereocenters. The van der Waals surface area contributed by atoms with Gasteiger partial charge in [0.1, 0.15) is 0 Å². The van der Waals surface area contributed by atoms with E-state index in [2.05, 4.69) is 29.6 Å². The van der Waals surface area contributed by atoms with Crippen LogP contribution in [0.5, 0.6) is 0 Å². The lowest BCUT2D eigenvalue weighted by Gasteiger charge is -2.48. The molecule has 1 saturated carbocycles. The molecule has 2 nitrogen and oxygen atoms in total. The second kappa shape index (κ2) is 3.56. The maximum Gasteiger partial charge on any atom is 0.0592 e. The summed E-state index contributed by atoms with van der Waals surface area (Å²) in [5.41, 5.74) is 8.06. The Labute approximate surface area is 111 Å². The lowest BCUT2D eigenvalue weighted by Crippen LogP contribution is -2.55. The number of nitrogens with two attached hydrogens (primary N) is 1. The molecule has 0 radical (unpaired) electrons. The summed E-state index contributed by atoms with van der Waals surface area (Å²) in [7, 11) is 0. The Kier molecular flexibility index (Phi) is 2.17. The van der Waals surface area contributed by atoms with Crippen LogP contribution in [0.2, 0.25) is 0 Å². The van der Waals surface area contributed by atoms with Crippen molar-refractivity contribution in [2.75, 3.05) is 19.8 Å². The summed E-state index contributed by atoms with van der Waals surface area (Å²) in [6.45, 7) is 2.50. The molecule has 1 saturated heterocycles. The van der Waals surface area contributed by atoms with Gasteiger partial charge in [0.15, 0.2) is 0 Å². The normalized spacial score (nSPS) is 23.8. The minimum absolute atomic E-state index is 0.196. The van der Waals surface area contributed by atoms with Crippen LogP contribution in [0.15, 0.2) is 29.6 Å². The van der Waals surface area contributed by atoms with Crippen molar-refractivity contribution in [1.29, 1.82) is 0 Å². The topological polar surface area (TPSA) is 35.2 Å². The lowest BCUT2D eigenvalue weighted by molar-refractivity contribution is -0.0963. The van der Waals surface area contributed by atoms with Crippen LogP contribution in [-0.2, 0) is 10.2 Å². The summed E-state index contributed by atoms with van der Waals surface area (Å²) < 4.78 is 6.97. The van der Waals surface area contributed by atoms with Crippen LogP contribution in [0.4, 0.5) is 0 Å². The summed E-state index contributed by atoms with van der Waals surface area (Å²) in [6.07, 6.45) is 2.52. The van der Waals surface area contributed by atoms with Gasteiger partial charge in [-0.3, -0.25) is 0 Å². The first-order chi connectivity index (χ1) is 8.81. The molecule has 2 aliphatic rings. The summed E-state index contributed by atoms with van der Waals surface area (Å²) in [6, 6.07) is 8.70. The Morgan fingerprint density at radius 2 is 2.00 bits per heavy atom. The van der Waals surface area contributed by atoms with Crippen molar-refractivity contribution in [3.05, 3.63) is 35.2 Å². The fourth-order valence-electron chi connectivity index (χ4n) is 3.43. The zero-order chi connectivity index (χ0) is 12.2. The molecule has 0 atom stereocenters. The highest BCUT2D eigenvalue weighted by molar-refractivity contribution is 7.17. The average Bonchev–Trinajstić information content (AvgIpc) is 3.03. The summed E-state index contributed by atoms with van der Waals surface area (Å²) in [5.74, 6) is 0. The van der Waals surface area contributed by atoms with E-state index in [4.69, 9.17) is 10.5 Å². The molecule has 1 aromatic heterocycles. The standard InChI is InChI=1S/C15H17NOS/c16-8-14(5-6-14)15(9-17-10-15)12-7-18-13-4-2-1-3-11(12)13/h1-4,7H,5-6,8-10,16H2. The maximum atomic E-state index is 6.06. The number of thiophene rings is 1. The first-order valence-electron chi connectivity index (χ1n) is 6.56. The van der Waals surface area contributed by atoms with E-state index in [1.807, 2.05) is 11.3 Å². The lowest BCUT2D eigenvalue weighted by atomic mass is 9.66. The van der Waals surface area contributed by atoms with E-state index in [9.17, 15) is 0 Å². The smallest absolute Gasteiger partial charge is 0.0592 e. The Morgan fingerprint density at radius 1 is 1.22 bits per heavy atom. The molecule has 2 heterocycles. The molecule has 0 amide bonds. The van der Waals surface area contributed by atoms with Gasteiger partial charge in [-0.15, -0.1) is 11.3 Å². The van der Waals surface area contributed by atoms with Gasteiger partial charge in [-0.25, -0.2) is 0 Å². The predicted molar refractivity (Wildman–Crippen MR) is 75.0 cm³/mol. The number of ether oxygens (including phenoxy) is 1. The highest BCUT2D eigenvalue weighted by Gasteiger charge is 2.63. The van der Waals surface area contributed by atoms with Crippen LogP contribution >= 0.6 is 11.3 Å². The minimum Gasteiger partial charge on any atom is -0.379 e. The Morgan fingerprint density at radius 3 is 2.61 bits per heavy atom. The van der Waals surface area contributed by atoms with Crippen LogP contribution in [-0.4, -0.2) is 19.8 Å². The van der Waals surface area contributed by atoms with Crippen molar-refractivity contribution in [1.82, 2.24) is 0 Å². The van der Waals surface area contributed by atoms with E-state index in [0.717, 1.165) is 19.8 Å². The number of hydrogen-bond donors (Lipinski definition) is 1. The highest BCUT2D eigenvalue weighted by atomic mass is 32.1. The van der Waals surface area contributed by atoms with Crippen LogP contribution in [0.1, 0.15) is 18.4 Å². The monoisotopic (exact) mass is 259 g/mol. The predicted octanol–water partition coefficient (Wildman–Crippen LogP) is 2.91. The van der Waals surface area contributed by atoms with E-state index >= 15 is 0 Å². The second-order valence-corrected chi connectivity index (χ2v) is 6.62. The SMILES string of the molecule is NCC1(C2(c3csc4ccccc34)COC2)CC1. The van der Waals surface area contributed by atoms with Crippen molar-refractivity contribution < 1.29 is 4.74 Å². The van der Waals surface area contributed by atoms with Crippen molar-refractivity contribution in [2.45, 2.75) is 18.3 Å². The Hall–Kier alpha value is -0.900. The number of hydrogen-bond acceptors (Lipinski definition) is 3. The van der Waals surface area contributed by atoms with E-state index in [1.165, 1.54) is 28.5 Å². The molecule has 0 bridgehead atoms. The zero-order valence-electron chi connectivity index (χ0n) is 10.3. The molecule has 1 aliphatic carbocycles. The largest absolute Gasteiger partial charge is 0.379 e. The van der Waals surface area contributed by atoms with E-state index < -0.39 is 0 Å². The molecule has 94 valence electrons. The molecule has 2 aromatic rings. The summed E-state index contributed by atoms with van der Waals surface area (Å²) in [5, 5.41) is 3.74. The molecule has 2 N–H and O–H groups in total. The molecule has 4 rings (SSSR count). The highest BCUT2D eigenvalue weighted by Crippen LogP contribution is 2.63. The molecule has 2 fully saturated rings. The van der Waals surface area contributed by atoms with Crippen molar-refractivity contribution in [3.8, 4) is 0 Å². The number of rotatable bonds is 3. The minimum atomic E-state index is 0.196. The van der Waals surface area contributed by atoms with Gasteiger partial charge < -0.3 is 10.5 Å².